The van der Waals surface area contributed by atoms with Crippen molar-refractivity contribution in [2.45, 2.75) is 25.7 Å². The van der Waals surface area contributed by atoms with E-state index in [0.717, 1.165) is 48.9 Å². The fourth-order valence-electron chi connectivity index (χ4n) is 5.28. The molecule has 6 nitrogen and oxygen atoms in total. The highest BCUT2D eigenvalue weighted by Crippen LogP contribution is 2.30. The van der Waals surface area contributed by atoms with Crippen LogP contribution in [-0.4, -0.2) is 31.6 Å². The smallest absolute Gasteiger partial charge is 0.323 e. The lowest BCUT2D eigenvalue weighted by Crippen LogP contribution is -2.36. The number of hydrogen-bond acceptors (Lipinski definition) is 3. The van der Waals surface area contributed by atoms with Crippen molar-refractivity contribution in [3.05, 3.63) is 124 Å². The fourth-order valence-corrected chi connectivity index (χ4v) is 5.55. The molecule has 41 heavy (non-hydrogen) atoms. The van der Waals surface area contributed by atoms with Crippen LogP contribution in [0.5, 0.6) is 0 Å². The standard InChI is InChI=1S/C34H35BrN4O2/c35-28-11-13-29(14-12-28)37-34(41)38-30-15-16-32(31(24-30)33(40)36-20-17-25-7-3-1-4-8-25)39-21-18-27(19-22-39)23-26-9-5-2-6-10-26/h1-16,24,27H,17-23H2,(H,36,40)(H2,37,38,41). The van der Waals surface area contributed by atoms with E-state index in [1.54, 1.807) is 6.07 Å². The van der Waals surface area contributed by atoms with Crippen molar-refractivity contribution in [3.63, 3.8) is 0 Å². The fraction of sp³-hybridized carbons (Fsp3) is 0.235. The highest BCUT2D eigenvalue weighted by atomic mass is 79.9. The van der Waals surface area contributed by atoms with Crippen molar-refractivity contribution in [3.8, 4) is 0 Å². The van der Waals surface area contributed by atoms with Crippen LogP contribution in [0.25, 0.3) is 0 Å². The van der Waals surface area contributed by atoms with Gasteiger partial charge in [0.15, 0.2) is 0 Å². The van der Waals surface area contributed by atoms with E-state index in [4.69, 9.17) is 0 Å². The number of rotatable bonds is 9. The van der Waals surface area contributed by atoms with Gasteiger partial charge in [-0.2, -0.15) is 0 Å². The Hall–Kier alpha value is -4.10. The molecule has 3 amide bonds. The Morgan fingerprint density at radius 3 is 2.05 bits per heavy atom. The van der Waals surface area contributed by atoms with E-state index in [9.17, 15) is 9.59 Å². The van der Waals surface area contributed by atoms with Gasteiger partial charge < -0.3 is 20.9 Å². The van der Waals surface area contributed by atoms with Crippen LogP contribution < -0.4 is 20.9 Å². The number of hydrogen-bond donors (Lipinski definition) is 3. The Bertz CT molecular complexity index is 1440. The average molecular weight is 612 g/mol. The summed E-state index contributed by atoms with van der Waals surface area (Å²) in [4.78, 5) is 28.5. The Balaban J connectivity index is 1.27. The van der Waals surface area contributed by atoms with Gasteiger partial charge in [-0.15, -0.1) is 0 Å². The minimum Gasteiger partial charge on any atom is -0.371 e. The minimum atomic E-state index is -0.364. The van der Waals surface area contributed by atoms with Crippen LogP contribution in [0.3, 0.4) is 0 Å². The molecule has 3 N–H and O–H groups in total. The van der Waals surface area contributed by atoms with Crippen molar-refractivity contribution >= 4 is 44.9 Å². The molecule has 4 aromatic rings. The summed E-state index contributed by atoms with van der Waals surface area (Å²) in [6, 6.07) is 33.4. The highest BCUT2D eigenvalue weighted by molar-refractivity contribution is 9.10. The van der Waals surface area contributed by atoms with Crippen LogP contribution in [0.2, 0.25) is 0 Å². The van der Waals surface area contributed by atoms with Crippen LogP contribution in [0.15, 0.2) is 108 Å². The van der Waals surface area contributed by atoms with Crippen LogP contribution in [0.1, 0.15) is 34.3 Å². The molecule has 4 aromatic carbocycles. The summed E-state index contributed by atoms with van der Waals surface area (Å²) in [6.07, 6.45) is 3.97. The predicted octanol–water partition coefficient (Wildman–Crippen LogP) is 7.52. The van der Waals surface area contributed by atoms with Crippen molar-refractivity contribution in [1.82, 2.24) is 5.32 Å². The highest BCUT2D eigenvalue weighted by Gasteiger charge is 2.24. The molecule has 1 saturated heterocycles. The molecule has 210 valence electrons. The molecule has 0 spiro atoms. The predicted molar refractivity (Wildman–Crippen MR) is 171 cm³/mol. The second-order valence-corrected chi connectivity index (χ2v) is 11.3. The molecule has 0 radical (unpaired) electrons. The number of amides is 3. The van der Waals surface area contributed by atoms with Crippen LogP contribution in [-0.2, 0) is 12.8 Å². The van der Waals surface area contributed by atoms with Crippen molar-refractivity contribution in [2.24, 2.45) is 5.92 Å². The number of benzene rings is 4. The summed E-state index contributed by atoms with van der Waals surface area (Å²) in [7, 11) is 0. The average Bonchev–Trinajstić information content (AvgIpc) is 3.00. The molecular formula is C34H35BrN4O2. The lowest BCUT2D eigenvalue weighted by Gasteiger charge is -2.35. The lowest BCUT2D eigenvalue weighted by atomic mass is 9.89. The third-order valence-corrected chi connectivity index (χ3v) is 7.99. The van der Waals surface area contributed by atoms with Crippen LogP contribution in [0, 0.1) is 5.92 Å². The Morgan fingerprint density at radius 1 is 0.756 bits per heavy atom. The third kappa shape index (κ3) is 8.21. The molecule has 1 fully saturated rings. The van der Waals surface area contributed by atoms with Crippen LogP contribution >= 0.6 is 15.9 Å². The van der Waals surface area contributed by atoms with Gasteiger partial charge in [0.05, 0.1) is 5.56 Å². The minimum absolute atomic E-state index is 0.140. The first kappa shape index (κ1) is 28.4. The van der Waals surface area contributed by atoms with E-state index in [1.165, 1.54) is 11.1 Å². The van der Waals surface area contributed by atoms with Crippen molar-refractivity contribution in [1.29, 1.82) is 0 Å². The first-order chi connectivity index (χ1) is 20.0. The summed E-state index contributed by atoms with van der Waals surface area (Å²) in [5.74, 6) is 0.486. The maximum absolute atomic E-state index is 13.5. The maximum atomic E-state index is 13.5. The van der Waals surface area contributed by atoms with E-state index in [1.807, 2.05) is 54.6 Å². The number of carbonyl (C=O) groups excluding carboxylic acids is 2. The van der Waals surface area contributed by atoms with E-state index in [0.29, 0.717) is 29.4 Å². The van der Waals surface area contributed by atoms with E-state index >= 15 is 0 Å². The first-order valence-corrected chi connectivity index (χ1v) is 14.9. The monoisotopic (exact) mass is 610 g/mol. The lowest BCUT2D eigenvalue weighted by molar-refractivity contribution is 0.0954. The zero-order valence-corrected chi connectivity index (χ0v) is 24.6. The number of nitrogens with one attached hydrogen (secondary N) is 3. The van der Waals surface area contributed by atoms with Gasteiger partial charge in [0.25, 0.3) is 5.91 Å². The van der Waals surface area contributed by atoms with Gasteiger partial charge in [0, 0.05) is 41.2 Å². The SMILES string of the molecule is O=C(Nc1ccc(Br)cc1)Nc1ccc(N2CCC(Cc3ccccc3)CC2)c(C(=O)NCCc2ccccc2)c1. The third-order valence-electron chi connectivity index (χ3n) is 7.47. The Morgan fingerprint density at radius 2 is 1.37 bits per heavy atom. The number of anilines is 3. The summed E-state index contributed by atoms with van der Waals surface area (Å²) in [5.41, 5.74) is 5.27. The molecule has 1 heterocycles. The summed E-state index contributed by atoms with van der Waals surface area (Å²) < 4.78 is 0.936. The molecule has 1 aliphatic heterocycles. The van der Waals surface area contributed by atoms with E-state index < -0.39 is 0 Å². The molecule has 0 atom stereocenters. The van der Waals surface area contributed by atoms with Gasteiger partial charge in [-0.05, 0) is 85.2 Å². The Kier molecular flexibility index (Phi) is 9.70. The zero-order valence-electron chi connectivity index (χ0n) is 23.0. The number of carbonyl (C=O) groups is 2. The van der Waals surface area contributed by atoms with Crippen molar-refractivity contribution in [2.75, 3.05) is 35.2 Å². The molecule has 0 aliphatic carbocycles. The first-order valence-electron chi connectivity index (χ1n) is 14.1. The van der Waals surface area contributed by atoms with Gasteiger partial charge in [0.2, 0.25) is 0 Å². The zero-order chi connectivity index (χ0) is 28.4. The molecule has 0 unspecified atom stereocenters. The van der Waals surface area contributed by atoms with Crippen LogP contribution in [0.4, 0.5) is 21.9 Å². The second-order valence-electron chi connectivity index (χ2n) is 10.4. The molecule has 0 aromatic heterocycles. The number of halogens is 1. The van der Waals surface area contributed by atoms with Gasteiger partial charge in [0.1, 0.15) is 0 Å². The second kappa shape index (κ2) is 14.0. The van der Waals surface area contributed by atoms with Gasteiger partial charge >= 0.3 is 6.03 Å². The largest absolute Gasteiger partial charge is 0.371 e. The number of piperidine rings is 1. The quantitative estimate of drug-likeness (QED) is 0.183. The van der Waals surface area contributed by atoms with Crippen molar-refractivity contribution < 1.29 is 9.59 Å². The topological polar surface area (TPSA) is 73.5 Å². The Labute approximate surface area is 250 Å². The van der Waals surface area contributed by atoms with Gasteiger partial charge in [-0.3, -0.25) is 4.79 Å². The summed E-state index contributed by atoms with van der Waals surface area (Å²) in [6.45, 7) is 2.31. The molecule has 0 saturated carbocycles. The normalized spacial score (nSPS) is 13.4. The molecule has 1 aliphatic rings. The molecule has 0 bridgehead atoms. The summed E-state index contributed by atoms with van der Waals surface area (Å²) in [5, 5.41) is 8.82. The van der Waals surface area contributed by atoms with Gasteiger partial charge in [-0.1, -0.05) is 76.6 Å². The number of urea groups is 1. The molecule has 7 heteroatoms. The molecule has 5 rings (SSSR count). The van der Waals surface area contributed by atoms with E-state index in [-0.39, 0.29) is 11.9 Å². The summed E-state index contributed by atoms with van der Waals surface area (Å²) >= 11 is 3.41. The molecular weight excluding hydrogens is 576 g/mol. The van der Waals surface area contributed by atoms with Gasteiger partial charge in [-0.25, -0.2) is 4.79 Å². The maximum Gasteiger partial charge on any atom is 0.323 e. The van der Waals surface area contributed by atoms with E-state index in [2.05, 4.69) is 79.2 Å². The number of nitrogens with zero attached hydrogens (tertiary/aromatic N) is 1.